The van der Waals surface area contributed by atoms with Crippen molar-refractivity contribution < 1.29 is 0 Å². The highest BCUT2D eigenvalue weighted by atomic mass is 15.2. The van der Waals surface area contributed by atoms with Gasteiger partial charge in [-0.25, -0.2) is 0 Å². The highest BCUT2D eigenvalue weighted by Gasteiger charge is 2.24. The monoisotopic (exact) mass is 291 g/mol. The maximum absolute atomic E-state index is 4.36. The van der Waals surface area contributed by atoms with Crippen molar-refractivity contribution in [3.05, 3.63) is 83.9 Å². The Labute approximate surface area is 134 Å². The van der Waals surface area contributed by atoms with E-state index >= 15 is 0 Å². The standard InChI is InChI=1S/C21H25N/c1-18-10-8-9-15-21(18)22(16-19-11-4-2-5-12-19)17-20-13-6-3-7-14-20/h2-7,11-14,21H,1,8-10,15-17H2. The molecule has 0 bridgehead atoms. The Bertz CT molecular complexity index is 546. The molecule has 22 heavy (non-hydrogen) atoms. The molecule has 1 unspecified atom stereocenters. The first-order chi connectivity index (χ1) is 10.8. The first kappa shape index (κ1) is 15.1. The molecule has 2 aromatic rings. The van der Waals surface area contributed by atoms with Gasteiger partial charge in [0.25, 0.3) is 0 Å². The minimum Gasteiger partial charge on any atom is -0.288 e. The normalized spacial score (nSPS) is 18.6. The molecule has 1 atom stereocenters. The van der Waals surface area contributed by atoms with Crippen LogP contribution in [0.25, 0.3) is 0 Å². The molecule has 0 aliphatic heterocycles. The van der Waals surface area contributed by atoms with Crippen LogP contribution in [0.1, 0.15) is 36.8 Å². The van der Waals surface area contributed by atoms with Gasteiger partial charge in [-0.05, 0) is 30.4 Å². The van der Waals surface area contributed by atoms with E-state index < -0.39 is 0 Å². The molecule has 1 nitrogen and oxygen atoms in total. The van der Waals surface area contributed by atoms with E-state index in [1.165, 1.54) is 42.4 Å². The minimum absolute atomic E-state index is 0.522. The average molecular weight is 291 g/mol. The molecule has 0 spiro atoms. The van der Waals surface area contributed by atoms with Crippen molar-refractivity contribution in [3.8, 4) is 0 Å². The van der Waals surface area contributed by atoms with Crippen molar-refractivity contribution in [1.29, 1.82) is 0 Å². The first-order valence-electron chi connectivity index (χ1n) is 8.32. The van der Waals surface area contributed by atoms with Crippen molar-refractivity contribution in [1.82, 2.24) is 4.90 Å². The molecule has 2 aromatic carbocycles. The summed E-state index contributed by atoms with van der Waals surface area (Å²) in [5, 5.41) is 0. The van der Waals surface area contributed by atoms with Crippen LogP contribution < -0.4 is 0 Å². The van der Waals surface area contributed by atoms with E-state index in [9.17, 15) is 0 Å². The first-order valence-corrected chi connectivity index (χ1v) is 8.32. The molecule has 1 aliphatic rings. The maximum Gasteiger partial charge on any atom is 0.0312 e. The molecule has 0 N–H and O–H groups in total. The topological polar surface area (TPSA) is 3.24 Å². The number of hydrogen-bond acceptors (Lipinski definition) is 1. The molecule has 1 aliphatic carbocycles. The summed E-state index contributed by atoms with van der Waals surface area (Å²) in [6.07, 6.45) is 5.06. The van der Waals surface area contributed by atoms with Crippen molar-refractivity contribution in [2.75, 3.05) is 0 Å². The fourth-order valence-electron chi connectivity index (χ4n) is 3.41. The van der Waals surface area contributed by atoms with Crippen LogP contribution in [0, 0.1) is 0 Å². The van der Waals surface area contributed by atoms with Crippen molar-refractivity contribution >= 4 is 0 Å². The summed E-state index contributed by atoms with van der Waals surface area (Å²) in [4.78, 5) is 2.60. The minimum atomic E-state index is 0.522. The smallest absolute Gasteiger partial charge is 0.0312 e. The van der Waals surface area contributed by atoms with Gasteiger partial charge in [-0.1, -0.05) is 79.2 Å². The fraction of sp³-hybridized carbons (Fsp3) is 0.333. The van der Waals surface area contributed by atoms with Crippen LogP contribution in [-0.4, -0.2) is 10.9 Å². The Morgan fingerprint density at radius 3 is 1.86 bits per heavy atom. The third-order valence-electron chi connectivity index (χ3n) is 4.59. The molecule has 3 rings (SSSR count). The van der Waals surface area contributed by atoms with Gasteiger partial charge in [0.05, 0.1) is 0 Å². The number of rotatable bonds is 5. The van der Waals surface area contributed by atoms with Gasteiger partial charge in [-0.15, -0.1) is 0 Å². The molecule has 0 heterocycles. The van der Waals surface area contributed by atoms with Gasteiger partial charge in [0.1, 0.15) is 0 Å². The summed E-state index contributed by atoms with van der Waals surface area (Å²) >= 11 is 0. The molecular formula is C21H25N. The van der Waals surface area contributed by atoms with E-state index in [0.29, 0.717) is 6.04 Å². The van der Waals surface area contributed by atoms with Crippen LogP contribution in [0.3, 0.4) is 0 Å². The maximum atomic E-state index is 4.36. The molecule has 1 saturated carbocycles. The number of nitrogens with zero attached hydrogens (tertiary/aromatic N) is 1. The van der Waals surface area contributed by atoms with Gasteiger partial charge in [0.15, 0.2) is 0 Å². The highest BCUT2D eigenvalue weighted by Crippen LogP contribution is 2.29. The third-order valence-corrected chi connectivity index (χ3v) is 4.59. The van der Waals surface area contributed by atoms with E-state index in [0.717, 1.165) is 13.1 Å². The fourth-order valence-corrected chi connectivity index (χ4v) is 3.41. The average Bonchev–Trinajstić information content (AvgIpc) is 2.57. The lowest BCUT2D eigenvalue weighted by atomic mass is 9.89. The molecule has 0 amide bonds. The van der Waals surface area contributed by atoms with E-state index in [2.05, 4.69) is 72.1 Å². The van der Waals surface area contributed by atoms with Crippen molar-refractivity contribution in [2.45, 2.75) is 44.8 Å². The van der Waals surface area contributed by atoms with Crippen LogP contribution in [0.15, 0.2) is 72.8 Å². The highest BCUT2D eigenvalue weighted by molar-refractivity contribution is 5.19. The Morgan fingerprint density at radius 2 is 1.36 bits per heavy atom. The number of hydrogen-bond donors (Lipinski definition) is 0. The zero-order valence-corrected chi connectivity index (χ0v) is 13.2. The second-order valence-corrected chi connectivity index (χ2v) is 6.30. The van der Waals surface area contributed by atoms with Gasteiger partial charge in [0, 0.05) is 19.1 Å². The summed E-state index contributed by atoms with van der Waals surface area (Å²) in [6, 6.07) is 22.1. The van der Waals surface area contributed by atoms with Gasteiger partial charge < -0.3 is 0 Å². The SMILES string of the molecule is C=C1CCCCC1N(Cc1ccccc1)Cc1ccccc1. The molecule has 114 valence electrons. The summed E-state index contributed by atoms with van der Waals surface area (Å²) in [5.74, 6) is 0. The molecule has 1 fully saturated rings. The van der Waals surface area contributed by atoms with Crippen LogP contribution in [0.5, 0.6) is 0 Å². The van der Waals surface area contributed by atoms with E-state index in [1.807, 2.05) is 0 Å². The van der Waals surface area contributed by atoms with Crippen LogP contribution in [0.2, 0.25) is 0 Å². The second kappa shape index (κ2) is 7.42. The Balaban J connectivity index is 1.79. The lowest BCUT2D eigenvalue weighted by Crippen LogP contribution is -2.37. The third kappa shape index (κ3) is 3.86. The summed E-state index contributed by atoms with van der Waals surface area (Å²) in [5.41, 5.74) is 4.19. The predicted molar refractivity (Wildman–Crippen MR) is 93.5 cm³/mol. The molecular weight excluding hydrogens is 266 g/mol. The molecule has 0 radical (unpaired) electrons. The number of benzene rings is 2. The Kier molecular flexibility index (Phi) is 5.07. The van der Waals surface area contributed by atoms with E-state index in [1.54, 1.807) is 0 Å². The predicted octanol–water partition coefficient (Wildman–Crippen LogP) is 5.19. The van der Waals surface area contributed by atoms with Crippen molar-refractivity contribution in [3.63, 3.8) is 0 Å². The Hall–Kier alpha value is -1.86. The summed E-state index contributed by atoms with van der Waals surface area (Å²) in [6.45, 7) is 6.36. The lowest BCUT2D eigenvalue weighted by molar-refractivity contribution is 0.178. The van der Waals surface area contributed by atoms with Crippen LogP contribution in [0.4, 0.5) is 0 Å². The van der Waals surface area contributed by atoms with E-state index in [-0.39, 0.29) is 0 Å². The lowest BCUT2D eigenvalue weighted by Gasteiger charge is -2.36. The Morgan fingerprint density at radius 1 is 0.818 bits per heavy atom. The summed E-state index contributed by atoms with van der Waals surface area (Å²) < 4.78 is 0. The van der Waals surface area contributed by atoms with Gasteiger partial charge >= 0.3 is 0 Å². The summed E-state index contributed by atoms with van der Waals surface area (Å²) in [7, 11) is 0. The molecule has 1 heteroatoms. The zero-order chi connectivity index (χ0) is 15.2. The molecule has 0 aromatic heterocycles. The van der Waals surface area contributed by atoms with Gasteiger partial charge in [-0.3, -0.25) is 4.90 Å². The van der Waals surface area contributed by atoms with Crippen LogP contribution in [-0.2, 0) is 13.1 Å². The van der Waals surface area contributed by atoms with Gasteiger partial charge in [-0.2, -0.15) is 0 Å². The largest absolute Gasteiger partial charge is 0.288 e. The van der Waals surface area contributed by atoms with Gasteiger partial charge in [0.2, 0.25) is 0 Å². The van der Waals surface area contributed by atoms with Crippen LogP contribution >= 0.6 is 0 Å². The second-order valence-electron chi connectivity index (χ2n) is 6.30. The zero-order valence-electron chi connectivity index (χ0n) is 13.2. The quantitative estimate of drug-likeness (QED) is 0.685. The van der Waals surface area contributed by atoms with E-state index in [4.69, 9.17) is 0 Å². The van der Waals surface area contributed by atoms with Crippen molar-refractivity contribution in [2.24, 2.45) is 0 Å². The molecule has 0 saturated heterocycles.